The number of hydrogen-bond donors (Lipinski definition) is 2. The van der Waals surface area contributed by atoms with Crippen LogP contribution >= 0.6 is 0 Å². The molecule has 1 amide bonds. The van der Waals surface area contributed by atoms with Gasteiger partial charge in [-0.05, 0) is 64.5 Å². The lowest BCUT2D eigenvalue weighted by Gasteiger charge is -2.35. The molecule has 0 spiro atoms. The van der Waals surface area contributed by atoms with Crippen LogP contribution in [-0.4, -0.2) is 42.0 Å². The van der Waals surface area contributed by atoms with E-state index in [0.29, 0.717) is 12.0 Å². The lowest BCUT2D eigenvalue weighted by molar-refractivity contribution is -0.126. The molecular formula is C15H27N3O. The second kappa shape index (κ2) is 5.06. The minimum Gasteiger partial charge on any atom is -0.368 e. The normalized spacial score (nSPS) is 34.9. The molecular weight excluding hydrogens is 238 g/mol. The molecule has 0 radical (unpaired) electrons. The summed E-state index contributed by atoms with van der Waals surface area (Å²) in [6.45, 7) is 1.11. The Morgan fingerprint density at radius 2 is 2.05 bits per heavy atom. The van der Waals surface area contributed by atoms with Crippen molar-refractivity contribution in [2.24, 2.45) is 11.7 Å². The van der Waals surface area contributed by atoms with Gasteiger partial charge in [0.15, 0.2) is 0 Å². The zero-order valence-electron chi connectivity index (χ0n) is 12.0. The lowest BCUT2D eigenvalue weighted by atomic mass is 9.83. The molecule has 3 rings (SSSR count). The highest BCUT2D eigenvalue weighted by atomic mass is 16.1. The summed E-state index contributed by atoms with van der Waals surface area (Å²) in [6, 6.07) is 1.36. The maximum absolute atomic E-state index is 12.0. The van der Waals surface area contributed by atoms with E-state index in [0.717, 1.165) is 38.3 Å². The maximum atomic E-state index is 12.0. The number of nitrogens with one attached hydrogen (secondary N) is 1. The molecule has 3 N–H and O–H groups in total. The molecule has 2 atom stereocenters. The van der Waals surface area contributed by atoms with E-state index in [1.807, 2.05) is 0 Å². The molecule has 0 aromatic heterocycles. The van der Waals surface area contributed by atoms with Gasteiger partial charge in [0.25, 0.3) is 0 Å². The van der Waals surface area contributed by atoms with Crippen molar-refractivity contribution >= 4 is 5.91 Å². The van der Waals surface area contributed by atoms with Gasteiger partial charge in [-0.25, -0.2) is 0 Å². The Morgan fingerprint density at radius 3 is 2.63 bits per heavy atom. The van der Waals surface area contributed by atoms with Gasteiger partial charge in [-0.1, -0.05) is 6.42 Å². The lowest BCUT2D eigenvalue weighted by Crippen LogP contribution is -2.59. The van der Waals surface area contributed by atoms with E-state index in [4.69, 9.17) is 5.73 Å². The first-order chi connectivity index (χ1) is 9.12. The SMILES string of the molecule is CN(CCC1CCCC1(NC1CC1)C(N)=O)C1CC1. The minimum atomic E-state index is -0.397. The Bertz CT molecular complexity index is 351. The van der Waals surface area contributed by atoms with Crippen molar-refractivity contribution in [1.82, 2.24) is 10.2 Å². The van der Waals surface area contributed by atoms with E-state index in [-0.39, 0.29) is 5.91 Å². The molecule has 2 unspecified atom stereocenters. The van der Waals surface area contributed by atoms with Crippen LogP contribution in [0.5, 0.6) is 0 Å². The van der Waals surface area contributed by atoms with E-state index in [9.17, 15) is 4.79 Å². The van der Waals surface area contributed by atoms with E-state index in [2.05, 4.69) is 17.3 Å². The fourth-order valence-corrected chi connectivity index (χ4v) is 3.70. The molecule has 0 aliphatic heterocycles. The monoisotopic (exact) mass is 265 g/mol. The highest BCUT2D eigenvalue weighted by molar-refractivity contribution is 5.85. The molecule has 3 aliphatic rings. The predicted molar refractivity (Wildman–Crippen MR) is 75.7 cm³/mol. The first kappa shape index (κ1) is 13.4. The summed E-state index contributed by atoms with van der Waals surface area (Å²) in [5.74, 6) is 0.322. The summed E-state index contributed by atoms with van der Waals surface area (Å²) in [5.41, 5.74) is 5.37. The summed E-state index contributed by atoms with van der Waals surface area (Å²) >= 11 is 0. The Labute approximate surface area is 116 Å². The van der Waals surface area contributed by atoms with Crippen molar-refractivity contribution < 1.29 is 4.79 Å². The summed E-state index contributed by atoms with van der Waals surface area (Å²) in [7, 11) is 2.22. The Balaban J connectivity index is 1.61. The highest BCUT2D eigenvalue weighted by Crippen LogP contribution is 2.40. The quantitative estimate of drug-likeness (QED) is 0.728. The largest absolute Gasteiger partial charge is 0.368 e. The maximum Gasteiger partial charge on any atom is 0.238 e. The third kappa shape index (κ3) is 2.79. The zero-order valence-corrected chi connectivity index (χ0v) is 12.0. The van der Waals surface area contributed by atoms with Crippen LogP contribution in [0, 0.1) is 5.92 Å². The molecule has 0 bridgehead atoms. The van der Waals surface area contributed by atoms with Gasteiger partial charge in [0.2, 0.25) is 5.91 Å². The van der Waals surface area contributed by atoms with Gasteiger partial charge < -0.3 is 16.0 Å². The number of carbonyl (C=O) groups is 1. The molecule has 0 aromatic rings. The number of hydrogen-bond acceptors (Lipinski definition) is 3. The standard InChI is InChI=1S/C15H27N3O/c1-18(13-6-7-13)10-8-11-3-2-9-15(11,14(16)19)17-12-4-5-12/h11-13,17H,2-10H2,1H3,(H2,16,19). The molecule has 4 heteroatoms. The topological polar surface area (TPSA) is 58.4 Å². The van der Waals surface area contributed by atoms with Crippen molar-refractivity contribution in [3.8, 4) is 0 Å². The Kier molecular flexibility index (Phi) is 3.56. The van der Waals surface area contributed by atoms with Crippen LogP contribution in [0.1, 0.15) is 51.4 Å². The Hall–Kier alpha value is -0.610. The highest BCUT2D eigenvalue weighted by Gasteiger charge is 2.49. The molecule has 0 saturated heterocycles. The number of nitrogens with two attached hydrogens (primary N) is 1. The van der Waals surface area contributed by atoms with E-state index >= 15 is 0 Å². The van der Waals surface area contributed by atoms with Crippen molar-refractivity contribution in [2.45, 2.75) is 69.0 Å². The fraction of sp³-hybridized carbons (Fsp3) is 0.933. The van der Waals surface area contributed by atoms with Gasteiger partial charge >= 0.3 is 0 Å². The molecule has 3 saturated carbocycles. The third-order valence-corrected chi connectivity index (χ3v) is 5.30. The third-order valence-electron chi connectivity index (χ3n) is 5.30. The molecule has 3 aliphatic carbocycles. The fourth-order valence-electron chi connectivity index (χ4n) is 3.70. The van der Waals surface area contributed by atoms with Crippen LogP contribution in [-0.2, 0) is 4.79 Å². The number of primary amides is 1. The van der Waals surface area contributed by atoms with Crippen LogP contribution in [0.3, 0.4) is 0 Å². The van der Waals surface area contributed by atoms with Gasteiger partial charge in [0.1, 0.15) is 5.54 Å². The first-order valence-electron chi connectivity index (χ1n) is 7.89. The van der Waals surface area contributed by atoms with Crippen LogP contribution in [0.4, 0.5) is 0 Å². The van der Waals surface area contributed by atoms with Crippen molar-refractivity contribution in [2.75, 3.05) is 13.6 Å². The minimum absolute atomic E-state index is 0.115. The zero-order chi connectivity index (χ0) is 13.5. The van der Waals surface area contributed by atoms with Crippen LogP contribution in [0.2, 0.25) is 0 Å². The number of nitrogens with zero attached hydrogens (tertiary/aromatic N) is 1. The smallest absolute Gasteiger partial charge is 0.238 e. The first-order valence-corrected chi connectivity index (χ1v) is 7.89. The van der Waals surface area contributed by atoms with Crippen molar-refractivity contribution in [3.63, 3.8) is 0 Å². The van der Waals surface area contributed by atoms with Gasteiger partial charge in [-0.2, -0.15) is 0 Å². The average Bonchev–Trinajstić information content (AvgIpc) is 3.25. The Morgan fingerprint density at radius 1 is 1.32 bits per heavy atom. The van der Waals surface area contributed by atoms with Crippen LogP contribution in [0.25, 0.3) is 0 Å². The number of amides is 1. The van der Waals surface area contributed by atoms with E-state index in [1.54, 1.807) is 0 Å². The molecule has 19 heavy (non-hydrogen) atoms. The van der Waals surface area contributed by atoms with Gasteiger partial charge in [0, 0.05) is 12.1 Å². The second-order valence-corrected chi connectivity index (χ2v) is 6.84. The van der Waals surface area contributed by atoms with Gasteiger partial charge in [-0.3, -0.25) is 4.79 Å². The predicted octanol–water partition coefficient (Wildman–Crippen LogP) is 1.25. The second-order valence-electron chi connectivity index (χ2n) is 6.84. The summed E-state index contributed by atoms with van der Waals surface area (Å²) in [4.78, 5) is 14.5. The number of rotatable bonds is 7. The van der Waals surface area contributed by atoms with E-state index in [1.165, 1.54) is 25.7 Å². The summed E-state index contributed by atoms with van der Waals surface area (Å²) < 4.78 is 0. The van der Waals surface area contributed by atoms with E-state index < -0.39 is 5.54 Å². The van der Waals surface area contributed by atoms with Gasteiger partial charge in [0.05, 0.1) is 0 Å². The summed E-state index contributed by atoms with van der Waals surface area (Å²) in [5, 5.41) is 3.59. The summed E-state index contributed by atoms with van der Waals surface area (Å²) in [6.07, 6.45) is 9.46. The van der Waals surface area contributed by atoms with Crippen molar-refractivity contribution in [1.29, 1.82) is 0 Å². The molecule has 0 aromatic carbocycles. The van der Waals surface area contributed by atoms with Crippen LogP contribution in [0.15, 0.2) is 0 Å². The molecule has 0 heterocycles. The van der Waals surface area contributed by atoms with Crippen LogP contribution < -0.4 is 11.1 Å². The van der Waals surface area contributed by atoms with Gasteiger partial charge in [-0.15, -0.1) is 0 Å². The molecule has 3 fully saturated rings. The molecule has 4 nitrogen and oxygen atoms in total. The number of carbonyl (C=O) groups excluding carboxylic acids is 1. The molecule has 108 valence electrons. The van der Waals surface area contributed by atoms with Crippen molar-refractivity contribution in [3.05, 3.63) is 0 Å². The average molecular weight is 265 g/mol.